The van der Waals surface area contributed by atoms with Crippen LogP contribution >= 0.6 is 0 Å². The Morgan fingerprint density at radius 1 is 1.25 bits per heavy atom. The zero-order chi connectivity index (χ0) is 11.3. The van der Waals surface area contributed by atoms with Crippen LogP contribution in [-0.2, 0) is 0 Å². The third-order valence-electron chi connectivity index (χ3n) is 3.84. The van der Waals surface area contributed by atoms with Gasteiger partial charge >= 0.3 is 0 Å². The summed E-state index contributed by atoms with van der Waals surface area (Å²) in [6.45, 7) is 6.34. The van der Waals surface area contributed by atoms with Gasteiger partial charge in [-0.1, -0.05) is 0 Å². The first-order valence-electron chi connectivity index (χ1n) is 5.92. The number of piperazine rings is 1. The summed E-state index contributed by atoms with van der Waals surface area (Å²) in [5, 5.41) is 0. The molecule has 16 heavy (non-hydrogen) atoms. The van der Waals surface area contributed by atoms with Crippen LogP contribution in [0.4, 0.5) is 5.82 Å². The summed E-state index contributed by atoms with van der Waals surface area (Å²) in [7, 11) is 2.22. The van der Waals surface area contributed by atoms with Crippen molar-refractivity contribution in [2.45, 2.75) is 32.4 Å². The quantitative estimate of drug-likeness (QED) is 0.703. The number of hydrogen-bond acceptors (Lipinski definition) is 4. The number of anilines is 1. The topological polar surface area (TPSA) is 32.3 Å². The van der Waals surface area contributed by atoms with E-state index in [1.165, 1.54) is 13.0 Å². The lowest BCUT2D eigenvalue weighted by Gasteiger charge is -2.33. The average Bonchev–Trinajstić information content (AvgIpc) is 2.80. The van der Waals surface area contributed by atoms with E-state index in [-0.39, 0.29) is 0 Å². The van der Waals surface area contributed by atoms with E-state index in [1.807, 2.05) is 13.1 Å². The SMILES string of the molecule is Cc1cnc(C)c(N2C[C@@H]3C[C@H]2CN3C)n1. The fraction of sp³-hybridized carbons (Fsp3) is 0.667. The first kappa shape index (κ1) is 10.0. The van der Waals surface area contributed by atoms with E-state index >= 15 is 0 Å². The highest BCUT2D eigenvalue weighted by atomic mass is 15.4. The number of hydrogen-bond donors (Lipinski definition) is 0. The van der Waals surface area contributed by atoms with Crippen molar-refractivity contribution < 1.29 is 0 Å². The molecule has 2 bridgehead atoms. The summed E-state index contributed by atoms with van der Waals surface area (Å²) >= 11 is 0. The highest BCUT2D eigenvalue weighted by Gasteiger charge is 2.42. The van der Waals surface area contributed by atoms with Crippen molar-refractivity contribution >= 4 is 5.82 Å². The van der Waals surface area contributed by atoms with Crippen LogP contribution in [-0.4, -0.2) is 47.1 Å². The Kier molecular flexibility index (Phi) is 2.14. The maximum absolute atomic E-state index is 4.64. The molecule has 4 heteroatoms. The summed E-state index contributed by atoms with van der Waals surface area (Å²) < 4.78 is 0. The molecule has 2 fully saturated rings. The Bertz CT molecular complexity index is 415. The number of rotatable bonds is 1. The zero-order valence-corrected chi connectivity index (χ0v) is 10.1. The third-order valence-corrected chi connectivity index (χ3v) is 3.84. The number of aryl methyl sites for hydroxylation is 2. The molecule has 1 aromatic heterocycles. The molecule has 2 aliphatic rings. The van der Waals surface area contributed by atoms with E-state index < -0.39 is 0 Å². The predicted octanol–water partition coefficient (Wildman–Crippen LogP) is 0.986. The first-order chi connectivity index (χ1) is 7.65. The third kappa shape index (κ3) is 1.40. The number of fused-ring (bicyclic) bond motifs is 2. The van der Waals surface area contributed by atoms with E-state index in [1.54, 1.807) is 0 Å². The van der Waals surface area contributed by atoms with Crippen LogP contribution < -0.4 is 4.90 Å². The van der Waals surface area contributed by atoms with Gasteiger partial charge in [0.05, 0.1) is 11.4 Å². The molecule has 2 saturated heterocycles. The molecule has 3 rings (SSSR count). The van der Waals surface area contributed by atoms with E-state index in [2.05, 4.69) is 33.7 Å². The fourth-order valence-corrected chi connectivity index (χ4v) is 2.92. The number of likely N-dealkylation sites (tertiary alicyclic amines) is 1. The highest BCUT2D eigenvalue weighted by molar-refractivity contribution is 5.47. The highest BCUT2D eigenvalue weighted by Crippen LogP contribution is 2.33. The Balaban J connectivity index is 1.92. The van der Waals surface area contributed by atoms with Gasteiger partial charge in [0, 0.05) is 31.4 Å². The van der Waals surface area contributed by atoms with E-state index in [4.69, 9.17) is 0 Å². The van der Waals surface area contributed by atoms with Crippen molar-refractivity contribution in [3.8, 4) is 0 Å². The smallest absolute Gasteiger partial charge is 0.150 e. The molecule has 4 nitrogen and oxygen atoms in total. The van der Waals surface area contributed by atoms with Gasteiger partial charge in [-0.2, -0.15) is 0 Å². The lowest BCUT2D eigenvalue weighted by atomic mass is 10.2. The minimum atomic E-state index is 0.643. The summed E-state index contributed by atoms with van der Waals surface area (Å²) in [5.41, 5.74) is 2.07. The normalized spacial score (nSPS) is 29.1. The molecular weight excluding hydrogens is 200 g/mol. The number of likely N-dealkylation sites (N-methyl/N-ethyl adjacent to an activating group) is 1. The molecule has 0 radical (unpaired) electrons. The van der Waals surface area contributed by atoms with Crippen molar-refractivity contribution in [3.05, 3.63) is 17.6 Å². The lowest BCUT2D eigenvalue weighted by Crippen LogP contribution is -2.45. The second kappa shape index (κ2) is 3.42. The molecule has 0 spiro atoms. The van der Waals surface area contributed by atoms with Crippen LogP contribution in [0.1, 0.15) is 17.8 Å². The molecule has 2 atom stereocenters. The van der Waals surface area contributed by atoms with Gasteiger partial charge in [0.2, 0.25) is 0 Å². The van der Waals surface area contributed by atoms with Gasteiger partial charge in [-0.3, -0.25) is 9.88 Å². The lowest BCUT2D eigenvalue weighted by molar-refractivity contribution is 0.292. The minimum absolute atomic E-state index is 0.643. The van der Waals surface area contributed by atoms with Crippen molar-refractivity contribution in [1.82, 2.24) is 14.9 Å². The summed E-state index contributed by atoms with van der Waals surface area (Å²) in [5.74, 6) is 1.10. The van der Waals surface area contributed by atoms with Gasteiger partial charge in [-0.05, 0) is 27.3 Å². The number of aromatic nitrogens is 2. The van der Waals surface area contributed by atoms with Crippen LogP contribution in [0.3, 0.4) is 0 Å². The van der Waals surface area contributed by atoms with E-state index in [0.29, 0.717) is 12.1 Å². The van der Waals surface area contributed by atoms with Gasteiger partial charge in [0.15, 0.2) is 5.82 Å². The summed E-state index contributed by atoms with van der Waals surface area (Å²) in [4.78, 5) is 14.0. The molecule has 86 valence electrons. The minimum Gasteiger partial charge on any atom is -0.349 e. The van der Waals surface area contributed by atoms with Gasteiger partial charge < -0.3 is 4.90 Å². The van der Waals surface area contributed by atoms with Crippen LogP contribution in [0.25, 0.3) is 0 Å². The summed E-state index contributed by atoms with van der Waals surface area (Å²) in [6, 6.07) is 1.36. The maximum Gasteiger partial charge on any atom is 0.150 e. The van der Waals surface area contributed by atoms with E-state index in [0.717, 1.165) is 23.8 Å². The Hall–Kier alpha value is -1.16. The Labute approximate surface area is 96.3 Å². The van der Waals surface area contributed by atoms with E-state index in [9.17, 15) is 0 Å². The van der Waals surface area contributed by atoms with Crippen LogP contribution in [0, 0.1) is 13.8 Å². The monoisotopic (exact) mass is 218 g/mol. The van der Waals surface area contributed by atoms with Gasteiger partial charge in [0.1, 0.15) is 0 Å². The first-order valence-corrected chi connectivity index (χ1v) is 5.92. The average molecular weight is 218 g/mol. The summed E-state index contributed by atoms with van der Waals surface area (Å²) in [6.07, 6.45) is 3.13. The van der Waals surface area contributed by atoms with Gasteiger partial charge in [-0.15, -0.1) is 0 Å². The molecule has 0 saturated carbocycles. The molecule has 2 aliphatic heterocycles. The zero-order valence-electron chi connectivity index (χ0n) is 10.1. The molecule has 0 unspecified atom stereocenters. The van der Waals surface area contributed by atoms with Crippen molar-refractivity contribution in [3.63, 3.8) is 0 Å². The predicted molar refractivity (Wildman–Crippen MR) is 63.7 cm³/mol. The fourth-order valence-electron chi connectivity index (χ4n) is 2.92. The second-order valence-electron chi connectivity index (χ2n) is 5.06. The molecular formula is C12H18N4. The molecule has 3 heterocycles. The van der Waals surface area contributed by atoms with Crippen molar-refractivity contribution in [2.24, 2.45) is 0 Å². The number of nitrogens with zero attached hydrogens (tertiary/aromatic N) is 4. The van der Waals surface area contributed by atoms with Crippen molar-refractivity contribution in [1.29, 1.82) is 0 Å². The van der Waals surface area contributed by atoms with Crippen LogP contribution in [0.2, 0.25) is 0 Å². The maximum atomic E-state index is 4.64. The standard InChI is InChI=1S/C12H18N4/c1-8-5-13-9(2)12(14-8)16-7-10-4-11(16)6-15(10)3/h5,10-11H,4,6-7H2,1-3H3/t10-,11-/m0/s1. The molecule has 0 aliphatic carbocycles. The van der Waals surface area contributed by atoms with Gasteiger partial charge in [-0.25, -0.2) is 4.98 Å². The second-order valence-corrected chi connectivity index (χ2v) is 5.06. The Morgan fingerprint density at radius 3 is 2.69 bits per heavy atom. The largest absolute Gasteiger partial charge is 0.349 e. The molecule has 0 amide bonds. The van der Waals surface area contributed by atoms with Crippen molar-refractivity contribution in [2.75, 3.05) is 25.0 Å². The Morgan fingerprint density at radius 2 is 2.06 bits per heavy atom. The molecule has 0 aromatic carbocycles. The van der Waals surface area contributed by atoms with Gasteiger partial charge in [0.25, 0.3) is 0 Å². The molecule has 1 aromatic rings. The molecule has 0 N–H and O–H groups in total. The van der Waals surface area contributed by atoms with Crippen LogP contribution in [0.5, 0.6) is 0 Å². The van der Waals surface area contributed by atoms with Crippen LogP contribution in [0.15, 0.2) is 6.20 Å².